The first kappa shape index (κ1) is 23.8. The molecule has 0 saturated carbocycles. The van der Waals surface area contributed by atoms with Crippen LogP contribution in [0.15, 0.2) is 58.5 Å². The number of esters is 1. The molecule has 1 aromatic heterocycles. The summed E-state index contributed by atoms with van der Waals surface area (Å²) < 4.78 is 19.9. The van der Waals surface area contributed by atoms with Gasteiger partial charge in [-0.25, -0.2) is 9.48 Å². The Kier molecular flexibility index (Phi) is 7.21. The Morgan fingerprint density at radius 1 is 1.15 bits per heavy atom. The average Bonchev–Trinajstić information content (AvgIpc) is 3.25. The molecular formula is C25H27BrN4O4. The van der Waals surface area contributed by atoms with Crippen molar-refractivity contribution in [1.29, 1.82) is 0 Å². The molecule has 0 spiro atoms. The molecule has 2 aromatic carbocycles. The lowest BCUT2D eigenvalue weighted by Gasteiger charge is -2.29. The van der Waals surface area contributed by atoms with Gasteiger partial charge >= 0.3 is 5.97 Å². The van der Waals surface area contributed by atoms with Gasteiger partial charge in [0.05, 0.1) is 23.3 Å². The number of aromatic nitrogens is 3. The minimum Gasteiger partial charge on any atom is -0.490 e. The van der Waals surface area contributed by atoms with Crippen molar-refractivity contribution in [3.63, 3.8) is 0 Å². The topological polar surface area (TPSA) is 87.5 Å². The highest BCUT2D eigenvalue weighted by Gasteiger charge is 2.35. The van der Waals surface area contributed by atoms with Crippen molar-refractivity contribution < 1.29 is 19.0 Å². The molecule has 4 rings (SSSR count). The van der Waals surface area contributed by atoms with Crippen molar-refractivity contribution >= 4 is 27.8 Å². The van der Waals surface area contributed by atoms with Crippen LogP contribution in [0.25, 0.3) is 0 Å². The number of rotatable bonds is 8. The predicted molar refractivity (Wildman–Crippen MR) is 132 cm³/mol. The molecule has 0 fully saturated rings. The second-order valence-corrected chi connectivity index (χ2v) is 8.71. The zero-order chi connectivity index (χ0) is 24.2. The number of fused-ring (bicyclic) bond motifs is 1. The zero-order valence-electron chi connectivity index (χ0n) is 19.6. The Morgan fingerprint density at radius 2 is 1.97 bits per heavy atom. The Morgan fingerprint density at radius 3 is 2.71 bits per heavy atom. The van der Waals surface area contributed by atoms with Crippen LogP contribution in [0.3, 0.4) is 0 Å². The molecule has 178 valence electrons. The number of hydrogen-bond acceptors (Lipinski definition) is 7. The summed E-state index contributed by atoms with van der Waals surface area (Å²) in [5, 5.41) is 7.51. The quantitative estimate of drug-likeness (QED) is 0.404. The molecule has 3 aromatic rings. The summed E-state index contributed by atoms with van der Waals surface area (Å²) >= 11 is 3.66. The first-order valence-electron chi connectivity index (χ1n) is 11.1. The maximum Gasteiger partial charge on any atom is 0.338 e. The molecule has 0 aliphatic carbocycles. The third-order valence-corrected chi connectivity index (χ3v) is 5.99. The molecule has 0 amide bonds. The van der Waals surface area contributed by atoms with Gasteiger partial charge in [0.15, 0.2) is 11.5 Å². The summed E-state index contributed by atoms with van der Waals surface area (Å²) in [6, 6.07) is 11.4. The molecular weight excluding hydrogens is 500 g/mol. The molecule has 1 atom stereocenters. The summed E-state index contributed by atoms with van der Waals surface area (Å²) in [5.41, 5.74) is 4.14. The molecule has 0 bridgehead atoms. The molecule has 1 aliphatic heterocycles. The van der Waals surface area contributed by atoms with Crippen molar-refractivity contribution in [2.75, 3.05) is 18.5 Å². The molecule has 1 aliphatic rings. The van der Waals surface area contributed by atoms with Crippen LogP contribution in [-0.2, 0) is 16.1 Å². The second-order valence-electron chi connectivity index (χ2n) is 7.86. The standard InChI is InChI=1S/C25H27BrN4O4/c1-5-32-20-12-18(11-19(26)23(20)34-13-17-9-7-8-15(3)10-17)22-21(24(31)33-6-2)16(4)29-25-27-14-28-30(22)25/h7-12,14,22H,5-6,13H2,1-4H3,(H,27,28,29). The van der Waals surface area contributed by atoms with Crippen LogP contribution in [0.4, 0.5) is 5.95 Å². The van der Waals surface area contributed by atoms with E-state index < -0.39 is 12.0 Å². The number of anilines is 1. The van der Waals surface area contributed by atoms with Crippen LogP contribution in [-0.4, -0.2) is 33.9 Å². The molecule has 0 radical (unpaired) electrons. The first-order valence-corrected chi connectivity index (χ1v) is 11.9. The Labute approximate surface area is 207 Å². The smallest absolute Gasteiger partial charge is 0.338 e. The fraction of sp³-hybridized carbons (Fsp3) is 0.320. The highest BCUT2D eigenvalue weighted by molar-refractivity contribution is 9.10. The fourth-order valence-electron chi connectivity index (χ4n) is 3.98. The number of ether oxygens (including phenoxy) is 3. The van der Waals surface area contributed by atoms with E-state index in [0.29, 0.717) is 46.4 Å². The molecule has 8 nitrogen and oxygen atoms in total. The van der Waals surface area contributed by atoms with Crippen molar-refractivity contribution in [3.8, 4) is 11.5 Å². The minimum absolute atomic E-state index is 0.270. The van der Waals surface area contributed by atoms with Crippen LogP contribution >= 0.6 is 15.9 Å². The summed E-state index contributed by atoms with van der Waals surface area (Å²) in [6.07, 6.45) is 1.45. The van der Waals surface area contributed by atoms with Gasteiger partial charge in [0.25, 0.3) is 0 Å². The molecule has 1 N–H and O–H groups in total. The molecule has 0 saturated heterocycles. The predicted octanol–water partition coefficient (Wildman–Crippen LogP) is 5.18. The molecule has 34 heavy (non-hydrogen) atoms. The number of aryl methyl sites for hydroxylation is 1. The van der Waals surface area contributed by atoms with E-state index in [-0.39, 0.29) is 6.61 Å². The van der Waals surface area contributed by atoms with Gasteiger partial charge in [0.1, 0.15) is 19.0 Å². The van der Waals surface area contributed by atoms with Crippen molar-refractivity contribution in [2.45, 2.75) is 40.3 Å². The SMILES string of the molecule is CCOC(=O)C1=C(C)Nc2ncnn2C1c1cc(Br)c(OCc2cccc(C)c2)c(OCC)c1. The van der Waals surface area contributed by atoms with E-state index in [1.165, 1.54) is 11.9 Å². The summed E-state index contributed by atoms with van der Waals surface area (Å²) in [5.74, 6) is 1.30. The summed E-state index contributed by atoms with van der Waals surface area (Å²) in [6.45, 7) is 8.70. The summed E-state index contributed by atoms with van der Waals surface area (Å²) in [7, 11) is 0. The van der Waals surface area contributed by atoms with Gasteiger partial charge in [0.2, 0.25) is 5.95 Å². The maximum atomic E-state index is 12.9. The van der Waals surface area contributed by atoms with Crippen molar-refractivity contribution in [3.05, 3.63) is 75.2 Å². The second kappa shape index (κ2) is 10.3. The van der Waals surface area contributed by atoms with Crippen molar-refractivity contribution in [1.82, 2.24) is 14.8 Å². The number of halogens is 1. The van der Waals surface area contributed by atoms with Crippen molar-refractivity contribution in [2.24, 2.45) is 0 Å². The van der Waals surface area contributed by atoms with Gasteiger partial charge in [-0.05, 0) is 66.9 Å². The van der Waals surface area contributed by atoms with E-state index in [2.05, 4.69) is 37.4 Å². The monoisotopic (exact) mass is 526 g/mol. The van der Waals surface area contributed by atoms with Crippen LogP contribution in [0, 0.1) is 6.92 Å². The van der Waals surface area contributed by atoms with Crippen LogP contribution < -0.4 is 14.8 Å². The number of carbonyl (C=O) groups is 1. The van der Waals surface area contributed by atoms with Gasteiger partial charge < -0.3 is 19.5 Å². The van der Waals surface area contributed by atoms with Gasteiger partial charge in [-0.2, -0.15) is 10.1 Å². The van der Waals surface area contributed by atoms with Gasteiger partial charge in [-0.3, -0.25) is 0 Å². The number of hydrogen-bond donors (Lipinski definition) is 1. The number of nitrogens with zero attached hydrogens (tertiary/aromatic N) is 3. The van der Waals surface area contributed by atoms with E-state index >= 15 is 0 Å². The van der Waals surface area contributed by atoms with Gasteiger partial charge in [-0.15, -0.1) is 0 Å². The van der Waals surface area contributed by atoms with Gasteiger partial charge in [0, 0.05) is 5.70 Å². The maximum absolute atomic E-state index is 12.9. The van der Waals surface area contributed by atoms with E-state index in [1.807, 2.05) is 51.1 Å². The summed E-state index contributed by atoms with van der Waals surface area (Å²) in [4.78, 5) is 17.2. The van der Waals surface area contributed by atoms with E-state index in [9.17, 15) is 4.79 Å². The third kappa shape index (κ3) is 4.79. The van der Waals surface area contributed by atoms with Crippen LogP contribution in [0.1, 0.15) is 43.5 Å². The van der Waals surface area contributed by atoms with Crippen LogP contribution in [0.5, 0.6) is 11.5 Å². The molecule has 2 heterocycles. The first-order chi connectivity index (χ1) is 16.4. The lowest BCUT2D eigenvalue weighted by atomic mass is 9.95. The molecule has 9 heteroatoms. The average molecular weight is 527 g/mol. The Hall–Kier alpha value is -3.33. The van der Waals surface area contributed by atoms with E-state index in [4.69, 9.17) is 14.2 Å². The fourth-order valence-corrected chi connectivity index (χ4v) is 4.55. The highest BCUT2D eigenvalue weighted by Crippen LogP contribution is 2.43. The lowest BCUT2D eigenvalue weighted by molar-refractivity contribution is -0.139. The molecule has 1 unspecified atom stereocenters. The number of nitrogens with one attached hydrogen (secondary N) is 1. The number of carbonyl (C=O) groups excluding carboxylic acids is 1. The number of allylic oxidation sites excluding steroid dienone is 1. The van der Waals surface area contributed by atoms with E-state index in [1.54, 1.807) is 11.6 Å². The largest absolute Gasteiger partial charge is 0.490 e. The Bertz CT molecular complexity index is 1240. The normalized spacial score (nSPS) is 14.9. The Balaban J connectivity index is 1.75. The number of benzene rings is 2. The van der Waals surface area contributed by atoms with Crippen LogP contribution in [0.2, 0.25) is 0 Å². The minimum atomic E-state index is -0.542. The zero-order valence-corrected chi connectivity index (χ0v) is 21.2. The highest BCUT2D eigenvalue weighted by atomic mass is 79.9. The third-order valence-electron chi connectivity index (χ3n) is 5.40. The lowest BCUT2D eigenvalue weighted by Crippen LogP contribution is -2.29. The van der Waals surface area contributed by atoms with Gasteiger partial charge in [-0.1, -0.05) is 29.8 Å². The van der Waals surface area contributed by atoms with E-state index in [0.717, 1.165) is 11.1 Å².